The molecule has 0 radical (unpaired) electrons. The molecule has 1 aromatic heterocycles. The van der Waals surface area contributed by atoms with Crippen LogP contribution < -0.4 is 0 Å². The van der Waals surface area contributed by atoms with Crippen molar-refractivity contribution in [2.75, 3.05) is 6.54 Å². The van der Waals surface area contributed by atoms with Gasteiger partial charge in [-0.05, 0) is 38.8 Å². The molecule has 1 heterocycles. The Hall–Kier alpha value is -1.29. The standard InChI is InChI=1S/C13H19NO3/c1-3-6-14(10-4-5-10)8-11-7-12(13(15)16)9(2)17-11/h7,10H,3-6,8H2,1-2H3,(H,15,16). The third-order valence-corrected chi connectivity index (χ3v) is 3.13. The van der Waals surface area contributed by atoms with Crippen LogP contribution in [0.25, 0.3) is 0 Å². The number of carboxylic acids is 1. The van der Waals surface area contributed by atoms with Crippen molar-refractivity contribution in [1.29, 1.82) is 0 Å². The summed E-state index contributed by atoms with van der Waals surface area (Å²) >= 11 is 0. The summed E-state index contributed by atoms with van der Waals surface area (Å²) in [5, 5.41) is 8.96. The number of hydrogen-bond donors (Lipinski definition) is 1. The molecule has 1 fully saturated rings. The molecule has 17 heavy (non-hydrogen) atoms. The van der Waals surface area contributed by atoms with Crippen LogP contribution in [0.15, 0.2) is 10.5 Å². The molecule has 0 atom stereocenters. The summed E-state index contributed by atoms with van der Waals surface area (Å²) in [5.74, 6) is 0.353. The molecule has 1 aliphatic carbocycles. The summed E-state index contributed by atoms with van der Waals surface area (Å²) in [6.07, 6.45) is 3.62. The van der Waals surface area contributed by atoms with E-state index >= 15 is 0 Å². The Morgan fingerprint density at radius 2 is 2.29 bits per heavy atom. The average Bonchev–Trinajstić information content (AvgIpc) is 3.03. The lowest BCUT2D eigenvalue weighted by Gasteiger charge is -2.19. The van der Waals surface area contributed by atoms with Gasteiger partial charge in [0.2, 0.25) is 0 Å². The highest BCUT2D eigenvalue weighted by Gasteiger charge is 2.29. The summed E-state index contributed by atoms with van der Waals surface area (Å²) in [5.41, 5.74) is 0.284. The Bertz CT molecular complexity index is 407. The molecular formula is C13H19NO3. The van der Waals surface area contributed by atoms with Crippen LogP contribution in [0.3, 0.4) is 0 Å². The number of rotatable bonds is 6. The quantitative estimate of drug-likeness (QED) is 0.826. The fourth-order valence-corrected chi connectivity index (χ4v) is 2.15. The van der Waals surface area contributed by atoms with E-state index in [0.717, 1.165) is 25.3 Å². The Balaban J connectivity index is 2.06. The number of carbonyl (C=O) groups is 1. The SMILES string of the molecule is CCCN(Cc1cc(C(=O)O)c(C)o1)C1CC1. The normalized spacial score (nSPS) is 15.5. The van der Waals surface area contributed by atoms with Crippen LogP contribution in [0, 0.1) is 6.92 Å². The first-order valence-electron chi connectivity index (χ1n) is 6.18. The molecule has 1 N–H and O–H groups in total. The van der Waals surface area contributed by atoms with Crippen LogP contribution in [-0.2, 0) is 6.54 Å². The second-order valence-electron chi connectivity index (χ2n) is 4.69. The zero-order chi connectivity index (χ0) is 12.4. The van der Waals surface area contributed by atoms with Gasteiger partial charge in [-0.3, -0.25) is 4.90 Å². The maximum Gasteiger partial charge on any atom is 0.339 e. The number of aryl methyl sites for hydroxylation is 1. The first-order valence-corrected chi connectivity index (χ1v) is 6.18. The summed E-state index contributed by atoms with van der Waals surface area (Å²) in [7, 11) is 0. The predicted molar refractivity (Wildman–Crippen MR) is 64.1 cm³/mol. The lowest BCUT2D eigenvalue weighted by molar-refractivity contribution is 0.0695. The van der Waals surface area contributed by atoms with Crippen molar-refractivity contribution in [3.63, 3.8) is 0 Å². The molecule has 0 saturated heterocycles. The van der Waals surface area contributed by atoms with Crippen LogP contribution in [0.1, 0.15) is 48.1 Å². The minimum atomic E-state index is -0.911. The molecule has 0 aromatic carbocycles. The highest BCUT2D eigenvalue weighted by molar-refractivity contribution is 5.88. The van der Waals surface area contributed by atoms with Crippen LogP contribution >= 0.6 is 0 Å². The van der Waals surface area contributed by atoms with Gasteiger partial charge in [0.1, 0.15) is 17.1 Å². The number of carboxylic acid groups (broad SMARTS) is 1. The van der Waals surface area contributed by atoms with Crippen molar-refractivity contribution < 1.29 is 14.3 Å². The minimum Gasteiger partial charge on any atom is -0.478 e. The highest BCUT2D eigenvalue weighted by Crippen LogP contribution is 2.29. The van der Waals surface area contributed by atoms with Gasteiger partial charge < -0.3 is 9.52 Å². The fourth-order valence-electron chi connectivity index (χ4n) is 2.15. The first-order chi connectivity index (χ1) is 8.11. The van der Waals surface area contributed by atoms with Crippen LogP contribution in [0.4, 0.5) is 0 Å². The molecule has 4 nitrogen and oxygen atoms in total. The zero-order valence-electron chi connectivity index (χ0n) is 10.4. The molecule has 0 unspecified atom stereocenters. The number of aromatic carboxylic acids is 1. The Kier molecular flexibility index (Phi) is 3.52. The Labute approximate surface area is 101 Å². The van der Waals surface area contributed by atoms with Crippen molar-refractivity contribution in [2.45, 2.75) is 45.7 Å². The van der Waals surface area contributed by atoms with Crippen molar-refractivity contribution >= 4 is 5.97 Å². The molecule has 1 aromatic rings. The summed E-state index contributed by atoms with van der Waals surface area (Å²) < 4.78 is 5.51. The first kappa shape index (κ1) is 12.2. The van der Waals surface area contributed by atoms with E-state index in [0.29, 0.717) is 11.8 Å². The van der Waals surface area contributed by atoms with E-state index in [1.807, 2.05) is 0 Å². The van der Waals surface area contributed by atoms with Gasteiger partial charge in [-0.25, -0.2) is 4.79 Å². The largest absolute Gasteiger partial charge is 0.478 e. The third-order valence-electron chi connectivity index (χ3n) is 3.13. The molecule has 0 spiro atoms. The van der Waals surface area contributed by atoms with Gasteiger partial charge in [0, 0.05) is 6.04 Å². The van der Waals surface area contributed by atoms with Gasteiger partial charge in [-0.15, -0.1) is 0 Å². The second-order valence-corrected chi connectivity index (χ2v) is 4.69. The molecule has 1 aliphatic rings. The molecule has 0 aliphatic heterocycles. The van der Waals surface area contributed by atoms with Gasteiger partial charge in [-0.2, -0.15) is 0 Å². The van der Waals surface area contributed by atoms with Gasteiger partial charge in [0.25, 0.3) is 0 Å². The predicted octanol–water partition coefficient (Wildman–Crippen LogP) is 2.66. The van der Waals surface area contributed by atoms with E-state index in [1.54, 1.807) is 13.0 Å². The van der Waals surface area contributed by atoms with Crippen LogP contribution in [-0.4, -0.2) is 28.6 Å². The summed E-state index contributed by atoms with van der Waals surface area (Å²) in [6, 6.07) is 2.33. The molecule has 94 valence electrons. The number of nitrogens with zero attached hydrogens (tertiary/aromatic N) is 1. The Morgan fingerprint density at radius 3 is 2.76 bits per heavy atom. The molecule has 0 amide bonds. The average molecular weight is 237 g/mol. The second kappa shape index (κ2) is 4.92. The highest BCUT2D eigenvalue weighted by atomic mass is 16.4. The topological polar surface area (TPSA) is 53.7 Å². The maximum absolute atomic E-state index is 10.9. The smallest absolute Gasteiger partial charge is 0.339 e. The number of hydrogen-bond acceptors (Lipinski definition) is 3. The molecule has 2 rings (SSSR count). The molecular weight excluding hydrogens is 218 g/mol. The summed E-state index contributed by atoms with van der Waals surface area (Å²) in [6.45, 7) is 5.64. The van der Waals surface area contributed by atoms with Crippen molar-refractivity contribution in [2.24, 2.45) is 0 Å². The van der Waals surface area contributed by atoms with Gasteiger partial charge in [0.05, 0.1) is 6.54 Å². The monoisotopic (exact) mass is 237 g/mol. The minimum absolute atomic E-state index is 0.284. The van der Waals surface area contributed by atoms with Crippen molar-refractivity contribution in [3.8, 4) is 0 Å². The molecule has 0 bridgehead atoms. The summed E-state index contributed by atoms with van der Waals surface area (Å²) in [4.78, 5) is 13.3. The van der Waals surface area contributed by atoms with Crippen LogP contribution in [0.5, 0.6) is 0 Å². The third kappa shape index (κ3) is 2.88. The lowest BCUT2D eigenvalue weighted by atomic mass is 10.2. The molecule has 1 saturated carbocycles. The van der Waals surface area contributed by atoms with E-state index in [-0.39, 0.29) is 5.56 Å². The van der Waals surface area contributed by atoms with Gasteiger partial charge in [-0.1, -0.05) is 6.92 Å². The van der Waals surface area contributed by atoms with Crippen molar-refractivity contribution in [1.82, 2.24) is 4.90 Å². The lowest BCUT2D eigenvalue weighted by Crippen LogP contribution is -2.26. The van der Waals surface area contributed by atoms with E-state index in [1.165, 1.54) is 12.8 Å². The van der Waals surface area contributed by atoms with E-state index in [2.05, 4.69) is 11.8 Å². The van der Waals surface area contributed by atoms with Crippen molar-refractivity contribution in [3.05, 3.63) is 23.2 Å². The Morgan fingerprint density at radius 1 is 1.59 bits per heavy atom. The fraction of sp³-hybridized carbons (Fsp3) is 0.615. The van der Waals surface area contributed by atoms with Gasteiger partial charge in [0.15, 0.2) is 0 Å². The molecule has 4 heteroatoms. The van der Waals surface area contributed by atoms with E-state index < -0.39 is 5.97 Å². The van der Waals surface area contributed by atoms with E-state index in [9.17, 15) is 4.79 Å². The van der Waals surface area contributed by atoms with Gasteiger partial charge >= 0.3 is 5.97 Å². The number of furan rings is 1. The van der Waals surface area contributed by atoms with Crippen LogP contribution in [0.2, 0.25) is 0 Å². The maximum atomic E-state index is 10.9. The zero-order valence-corrected chi connectivity index (χ0v) is 10.4. The van der Waals surface area contributed by atoms with E-state index in [4.69, 9.17) is 9.52 Å².